The van der Waals surface area contributed by atoms with E-state index < -0.39 is 247 Å². The number of amides is 14. The maximum atomic E-state index is 14.3. The fourth-order valence-corrected chi connectivity index (χ4v) is 10.8. The molecule has 624 valence electrons. The zero-order valence-corrected chi connectivity index (χ0v) is 65.0. The van der Waals surface area contributed by atoms with Crippen LogP contribution in [0.4, 0.5) is 0 Å². The van der Waals surface area contributed by atoms with Crippen LogP contribution in [0.3, 0.4) is 0 Å². The highest BCUT2D eigenvalue weighted by Gasteiger charge is 2.40. The molecule has 16 atom stereocenters. The SMILES string of the molecule is CC[C@H](C)[C@H](NC(=O)[C@H](CCCCN)NC(=O)[C@@H](NC(=O)[C@@H](NC(=O)[C@H](CC(C)C)NC(=O)[C@H](CC(=O)O)NC(=O)[C@@H](N)CCC(=O)O)[C@@H](C)O)C(C)C)C(=O)NCC(=O)N[C@@H](CC(=O)O)C(=O)N[C@@H](Cc1ccccc1)C(=O)NCC(=O)N[C@@H](CC(C)C)C(=O)N[C@@H](C)C(=O)N[C@H](C(=O)N[C@H](C(=O)O)C(C)C)[C@@H](C)O. The summed E-state index contributed by atoms with van der Waals surface area (Å²) in [4.78, 5) is 239. The van der Waals surface area contributed by atoms with Crippen LogP contribution in [-0.4, -0.2) is 248 Å². The van der Waals surface area contributed by atoms with Crippen LogP contribution in [0.2, 0.25) is 0 Å². The quantitative estimate of drug-likeness (QED) is 0.0271. The van der Waals surface area contributed by atoms with E-state index in [1.54, 1.807) is 71.9 Å². The zero-order chi connectivity index (χ0) is 84.9. The lowest BCUT2D eigenvalue weighted by molar-refractivity contribution is -0.144. The van der Waals surface area contributed by atoms with Crippen LogP contribution in [-0.2, 0) is 92.7 Å². The average molecular weight is 1580 g/mol. The average Bonchev–Trinajstić information content (AvgIpc) is 0.861. The van der Waals surface area contributed by atoms with E-state index in [9.17, 15) is 112 Å². The minimum absolute atomic E-state index is 0.00928. The number of hydrogen-bond donors (Lipinski definition) is 22. The maximum absolute atomic E-state index is 14.3. The highest BCUT2D eigenvalue weighted by molar-refractivity contribution is 6.01. The second kappa shape index (κ2) is 49.6. The van der Waals surface area contributed by atoms with Crippen LogP contribution < -0.4 is 85.9 Å². The van der Waals surface area contributed by atoms with Gasteiger partial charge in [0.15, 0.2) is 0 Å². The first kappa shape index (κ1) is 98.5. The highest BCUT2D eigenvalue weighted by atomic mass is 16.4. The van der Waals surface area contributed by atoms with E-state index in [0.29, 0.717) is 12.0 Å². The summed E-state index contributed by atoms with van der Waals surface area (Å²) in [7, 11) is 0. The Morgan fingerprint density at radius 3 is 1.24 bits per heavy atom. The molecule has 40 heteroatoms. The molecule has 0 radical (unpaired) electrons. The van der Waals surface area contributed by atoms with E-state index in [1.165, 1.54) is 41.5 Å². The predicted molar refractivity (Wildman–Crippen MR) is 396 cm³/mol. The topological polar surface area (TPSA) is 649 Å². The fourth-order valence-electron chi connectivity index (χ4n) is 10.8. The first-order valence-electron chi connectivity index (χ1n) is 36.7. The molecule has 24 N–H and O–H groups in total. The van der Waals surface area contributed by atoms with Gasteiger partial charge in [-0.3, -0.25) is 81.5 Å². The molecule has 40 nitrogen and oxygen atoms in total. The first-order chi connectivity index (χ1) is 51.7. The van der Waals surface area contributed by atoms with Crippen LogP contribution in [0.25, 0.3) is 0 Å². The van der Waals surface area contributed by atoms with Crippen LogP contribution >= 0.6 is 0 Å². The van der Waals surface area contributed by atoms with Gasteiger partial charge in [-0.15, -0.1) is 0 Å². The number of carboxylic acids is 4. The van der Waals surface area contributed by atoms with Gasteiger partial charge >= 0.3 is 23.9 Å². The Hall–Kier alpha value is -10.5. The van der Waals surface area contributed by atoms with Crippen molar-refractivity contribution in [2.45, 2.75) is 251 Å². The summed E-state index contributed by atoms with van der Waals surface area (Å²) in [6.07, 6.45) is -5.87. The van der Waals surface area contributed by atoms with Gasteiger partial charge in [0.05, 0.1) is 44.2 Å². The number of unbranched alkanes of at least 4 members (excludes halogenated alkanes) is 1. The van der Waals surface area contributed by atoms with Crippen molar-refractivity contribution in [2.75, 3.05) is 19.6 Å². The Morgan fingerprint density at radius 1 is 0.387 bits per heavy atom. The third-order valence-electron chi connectivity index (χ3n) is 17.2. The third-order valence-corrected chi connectivity index (χ3v) is 17.2. The molecule has 0 spiro atoms. The van der Waals surface area contributed by atoms with Crippen molar-refractivity contribution < 1.29 is 117 Å². The van der Waals surface area contributed by atoms with Crippen molar-refractivity contribution in [1.29, 1.82) is 0 Å². The smallest absolute Gasteiger partial charge is 0.326 e. The Balaban J connectivity index is 3.40. The van der Waals surface area contributed by atoms with Crippen molar-refractivity contribution in [2.24, 2.45) is 41.1 Å². The molecule has 0 saturated carbocycles. The van der Waals surface area contributed by atoms with Gasteiger partial charge < -0.3 is 117 Å². The largest absolute Gasteiger partial charge is 0.481 e. The van der Waals surface area contributed by atoms with Crippen molar-refractivity contribution in [3.63, 3.8) is 0 Å². The van der Waals surface area contributed by atoms with E-state index >= 15 is 0 Å². The fraction of sp³-hybridized carbons (Fsp3) is 0.662. The Labute approximate surface area is 643 Å². The highest BCUT2D eigenvalue weighted by Crippen LogP contribution is 2.15. The first-order valence-corrected chi connectivity index (χ1v) is 36.7. The second-order valence-corrected chi connectivity index (χ2v) is 28.7. The molecule has 0 unspecified atom stereocenters. The molecule has 0 aliphatic carbocycles. The van der Waals surface area contributed by atoms with Crippen LogP contribution in [0.5, 0.6) is 0 Å². The molecular weight excluding hydrogens is 1460 g/mol. The number of carbonyl (C=O) groups excluding carboxylic acids is 14. The van der Waals surface area contributed by atoms with E-state index in [-0.39, 0.29) is 63.3 Å². The summed E-state index contributed by atoms with van der Waals surface area (Å²) in [6, 6.07) is -12.2. The molecule has 0 heterocycles. The Morgan fingerprint density at radius 2 is 0.784 bits per heavy atom. The number of aliphatic hydroxyl groups excluding tert-OH is 2. The van der Waals surface area contributed by atoms with E-state index in [0.717, 1.165) is 6.92 Å². The van der Waals surface area contributed by atoms with Crippen molar-refractivity contribution in [1.82, 2.24) is 74.4 Å². The number of nitrogens with one attached hydrogen (secondary N) is 14. The van der Waals surface area contributed by atoms with Gasteiger partial charge in [0.1, 0.15) is 72.5 Å². The molecule has 0 saturated heterocycles. The number of nitrogens with two attached hydrogens (primary N) is 2. The zero-order valence-electron chi connectivity index (χ0n) is 65.0. The Kier molecular flexibility index (Phi) is 44.0. The summed E-state index contributed by atoms with van der Waals surface area (Å²) in [5.74, 6) is -22.9. The minimum atomic E-state index is -1.92. The van der Waals surface area contributed by atoms with Crippen molar-refractivity contribution >= 4 is 107 Å². The lowest BCUT2D eigenvalue weighted by Gasteiger charge is -2.30. The summed E-state index contributed by atoms with van der Waals surface area (Å²) < 4.78 is 0. The van der Waals surface area contributed by atoms with E-state index in [1.807, 2.05) is 0 Å². The summed E-state index contributed by atoms with van der Waals surface area (Å²) >= 11 is 0. The molecular formula is C71H116N16O24. The standard InChI is InChI=1S/C71H116N16O24/c1-14-37(10)56(85-62(101)43(22-18-19-25-72)79-68(107)54(35(6)7)83-69(108)58(40(13)89)87-66(105)45(27-34(4)5)81-65(104)48(30-53(96)97)80-60(99)42(73)23-24-51(92)93)67(106)75-32-50(91)78-47(29-52(94)95)64(103)82-46(28-41-20-16-15-17-21-41)61(100)74-31-49(90)77-44(26-33(2)3)63(102)76-38(11)59(98)86-57(39(12)88)70(109)84-55(36(8)9)71(110)111/h15-17,20-21,33-40,42-48,54-58,88-89H,14,18-19,22-32,72-73H2,1-13H3,(H,74,100)(H,75,106)(H,76,102)(H,77,90)(H,78,91)(H,79,107)(H,80,99)(H,81,104)(H,82,103)(H,83,108)(H,84,109)(H,85,101)(H,86,98)(H,87,105)(H,92,93)(H,94,95)(H,96,97)(H,110,111)/t37-,38-,39+,40+,42-,43-,44-,45-,46-,47-,48-,54-,55-,56-,57-,58-/m0/s1. The van der Waals surface area contributed by atoms with Crippen molar-refractivity contribution in [3.05, 3.63) is 35.9 Å². The second-order valence-electron chi connectivity index (χ2n) is 28.7. The van der Waals surface area contributed by atoms with Crippen molar-refractivity contribution in [3.8, 4) is 0 Å². The molecule has 0 aliphatic heterocycles. The number of carbonyl (C=O) groups is 18. The number of rotatable bonds is 52. The van der Waals surface area contributed by atoms with Gasteiger partial charge in [0.2, 0.25) is 82.7 Å². The third kappa shape index (κ3) is 37.2. The molecule has 0 fully saturated rings. The summed E-state index contributed by atoms with van der Waals surface area (Å²) in [5, 5.41) is 92.5. The number of aliphatic carboxylic acids is 4. The van der Waals surface area contributed by atoms with Gasteiger partial charge in [0, 0.05) is 12.8 Å². The summed E-state index contributed by atoms with van der Waals surface area (Å²) in [5.41, 5.74) is 12.0. The minimum Gasteiger partial charge on any atom is -0.481 e. The van der Waals surface area contributed by atoms with Gasteiger partial charge in [-0.05, 0) is 101 Å². The molecule has 1 rings (SSSR count). The molecule has 1 aromatic rings. The number of hydrogen-bond acceptors (Lipinski definition) is 22. The predicted octanol–water partition coefficient (Wildman–Crippen LogP) is -5.13. The Bertz CT molecular complexity index is 3360. The molecule has 111 heavy (non-hydrogen) atoms. The number of carboxylic acid groups (broad SMARTS) is 4. The van der Waals surface area contributed by atoms with Gasteiger partial charge in [-0.2, -0.15) is 0 Å². The lowest BCUT2D eigenvalue weighted by atomic mass is 9.97. The molecule has 1 aromatic carbocycles. The van der Waals surface area contributed by atoms with Gasteiger partial charge in [-0.1, -0.05) is 106 Å². The normalized spacial score (nSPS) is 15.6. The maximum Gasteiger partial charge on any atom is 0.326 e. The van der Waals surface area contributed by atoms with E-state index in [4.69, 9.17) is 16.6 Å². The van der Waals surface area contributed by atoms with Gasteiger partial charge in [-0.25, -0.2) is 4.79 Å². The van der Waals surface area contributed by atoms with Crippen LogP contribution in [0, 0.1) is 29.6 Å². The van der Waals surface area contributed by atoms with E-state index in [2.05, 4.69) is 74.4 Å². The lowest BCUT2D eigenvalue weighted by Crippen LogP contribution is -2.62. The summed E-state index contributed by atoms with van der Waals surface area (Å²) in [6.45, 7) is 18.0. The van der Waals surface area contributed by atoms with Crippen LogP contribution in [0.1, 0.15) is 160 Å². The monoisotopic (exact) mass is 1580 g/mol. The number of benzene rings is 1. The molecule has 0 bridgehead atoms. The molecule has 0 aliphatic rings. The number of aliphatic hydroxyl groups is 2. The van der Waals surface area contributed by atoms with Crippen LogP contribution in [0.15, 0.2) is 30.3 Å². The molecule has 14 amide bonds. The molecule has 0 aromatic heterocycles. The van der Waals surface area contributed by atoms with Gasteiger partial charge in [0.25, 0.3) is 0 Å².